The summed E-state index contributed by atoms with van der Waals surface area (Å²) in [6.45, 7) is 4.27. The van der Waals surface area contributed by atoms with E-state index >= 15 is 0 Å². The average molecular weight is 314 g/mol. The van der Waals surface area contributed by atoms with Gasteiger partial charge < -0.3 is 19.3 Å². The fourth-order valence-corrected chi connectivity index (χ4v) is 1.80. The minimum absolute atomic E-state index is 0.171. The molecule has 0 aliphatic heterocycles. The van der Waals surface area contributed by atoms with Crippen LogP contribution in [0.15, 0.2) is 61.2 Å². The number of hydrogen-bond acceptors (Lipinski definition) is 5. The predicted octanol–water partition coefficient (Wildman–Crippen LogP) is 3.33. The average Bonchev–Trinajstić information content (AvgIpc) is 2.55. The quantitative estimate of drug-likeness (QED) is 0.350. The Kier molecular flexibility index (Phi) is 6.06. The maximum atomic E-state index is 11.1. The lowest BCUT2D eigenvalue weighted by molar-refractivity contribution is -0.128. The third-order valence-electron chi connectivity index (χ3n) is 2.83. The Morgan fingerprint density at radius 2 is 1.61 bits per heavy atom. The SMILES string of the molecule is C=CC(=O)Oc1cccc(OCCCOc2cccc(O)c2)c1. The molecule has 23 heavy (non-hydrogen) atoms. The third-order valence-corrected chi connectivity index (χ3v) is 2.83. The summed E-state index contributed by atoms with van der Waals surface area (Å²) >= 11 is 0. The van der Waals surface area contributed by atoms with Crippen LogP contribution < -0.4 is 14.2 Å². The first kappa shape index (κ1) is 16.4. The van der Waals surface area contributed by atoms with E-state index in [1.54, 1.807) is 48.5 Å². The molecule has 0 heterocycles. The van der Waals surface area contributed by atoms with Crippen molar-refractivity contribution in [3.8, 4) is 23.0 Å². The highest BCUT2D eigenvalue weighted by molar-refractivity contribution is 5.83. The normalized spacial score (nSPS) is 9.91. The molecule has 0 aliphatic rings. The Morgan fingerprint density at radius 1 is 1.00 bits per heavy atom. The maximum Gasteiger partial charge on any atom is 0.335 e. The second-order valence-electron chi connectivity index (χ2n) is 4.65. The van der Waals surface area contributed by atoms with Crippen molar-refractivity contribution in [2.24, 2.45) is 0 Å². The first-order valence-electron chi connectivity index (χ1n) is 7.16. The first-order valence-corrected chi connectivity index (χ1v) is 7.16. The molecule has 2 rings (SSSR count). The molecule has 120 valence electrons. The number of esters is 1. The Balaban J connectivity index is 1.72. The van der Waals surface area contributed by atoms with Crippen molar-refractivity contribution in [1.29, 1.82) is 0 Å². The Bertz CT molecular complexity index is 666. The second-order valence-corrected chi connectivity index (χ2v) is 4.65. The number of ether oxygens (including phenoxy) is 3. The van der Waals surface area contributed by atoms with E-state index in [2.05, 4.69) is 6.58 Å². The van der Waals surface area contributed by atoms with Gasteiger partial charge in [0.15, 0.2) is 0 Å². The molecule has 0 aliphatic carbocycles. The van der Waals surface area contributed by atoms with E-state index in [0.29, 0.717) is 36.9 Å². The molecular formula is C18H18O5. The summed E-state index contributed by atoms with van der Waals surface area (Å²) in [7, 11) is 0. The number of phenolic OH excluding ortho intramolecular Hbond substituents is 1. The molecule has 1 N–H and O–H groups in total. The van der Waals surface area contributed by atoms with Crippen LogP contribution in [0.2, 0.25) is 0 Å². The highest BCUT2D eigenvalue weighted by atomic mass is 16.5. The summed E-state index contributed by atoms with van der Waals surface area (Å²) < 4.78 is 16.1. The van der Waals surface area contributed by atoms with Gasteiger partial charge in [0.1, 0.15) is 23.0 Å². The summed E-state index contributed by atoms with van der Waals surface area (Å²) in [4.78, 5) is 11.1. The van der Waals surface area contributed by atoms with Gasteiger partial charge in [0.2, 0.25) is 0 Å². The molecule has 5 heteroatoms. The van der Waals surface area contributed by atoms with Crippen LogP contribution >= 0.6 is 0 Å². The number of aromatic hydroxyl groups is 1. The Morgan fingerprint density at radius 3 is 2.26 bits per heavy atom. The summed E-state index contributed by atoms with van der Waals surface area (Å²) in [5.74, 6) is 1.29. The zero-order valence-electron chi connectivity index (χ0n) is 12.6. The van der Waals surface area contributed by atoms with E-state index < -0.39 is 5.97 Å². The molecule has 0 amide bonds. The van der Waals surface area contributed by atoms with Crippen LogP contribution in [0.3, 0.4) is 0 Å². The molecule has 0 aromatic heterocycles. The van der Waals surface area contributed by atoms with Crippen LogP contribution in [0, 0.1) is 0 Å². The number of phenols is 1. The predicted molar refractivity (Wildman–Crippen MR) is 86.0 cm³/mol. The molecule has 5 nitrogen and oxygen atoms in total. The Hall–Kier alpha value is -2.95. The zero-order chi connectivity index (χ0) is 16.5. The molecule has 2 aromatic carbocycles. The van der Waals surface area contributed by atoms with Crippen molar-refractivity contribution in [2.45, 2.75) is 6.42 Å². The van der Waals surface area contributed by atoms with Crippen LogP contribution in [0.25, 0.3) is 0 Å². The molecule has 0 spiro atoms. The fraction of sp³-hybridized carbons (Fsp3) is 0.167. The lowest BCUT2D eigenvalue weighted by Gasteiger charge is -2.09. The summed E-state index contributed by atoms with van der Waals surface area (Å²) in [6, 6.07) is 13.5. The van der Waals surface area contributed by atoms with Gasteiger partial charge in [-0.2, -0.15) is 0 Å². The standard InChI is InChI=1S/C18H18O5/c1-2-18(20)23-17-9-4-8-16(13-17)22-11-5-10-21-15-7-3-6-14(19)12-15/h2-4,6-9,12-13,19H,1,5,10-11H2. The molecule has 0 atom stereocenters. The molecule has 0 saturated heterocycles. The van der Waals surface area contributed by atoms with Gasteiger partial charge in [-0.05, 0) is 24.3 Å². The summed E-state index contributed by atoms with van der Waals surface area (Å²) in [6.07, 6.45) is 1.78. The number of rotatable bonds is 8. The molecular weight excluding hydrogens is 296 g/mol. The van der Waals surface area contributed by atoms with Gasteiger partial charge in [-0.3, -0.25) is 0 Å². The van der Waals surface area contributed by atoms with Crippen molar-refractivity contribution >= 4 is 5.97 Å². The van der Waals surface area contributed by atoms with Crippen LogP contribution in [0.5, 0.6) is 23.0 Å². The van der Waals surface area contributed by atoms with Gasteiger partial charge in [0.05, 0.1) is 13.2 Å². The van der Waals surface area contributed by atoms with Crippen molar-refractivity contribution in [3.63, 3.8) is 0 Å². The number of benzene rings is 2. The van der Waals surface area contributed by atoms with Gasteiger partial charge >= 0.3 is 5.97 Å². The highest BCUT2D eigenvalue weighted by Crippen LogP contribution is 2.20. The largest absolute Gasteiger partial charge is 0.508 e. The minimum Gasteiger partial charge on any atom is -0.508 e. The third kappa shape index (κ3) is 5.74. The van der Waals surface area contributed by atoms with Crippen LogP contribution in [0.1, 0.15) is 6.42 Å². The van der Waals surface area contributed by atoms with Crippen LogP contribution in [0.4, 0.5) is 0 Å². The maximum absolute atomic E-state index is 11.1. The van der Waals surface area contributed by atoms with Gasteiger partial charge in [-0.25, -0.2) is 4.79 Å². The van der Waals surface area contributed by atoms with Gasteiger partial charge in [0.25, 0.3) is 0 Å². The lowest BCUT2D eigenvalue weighted by Crippen LogP contribution is -2.06. The van der Waals surface area contributed by atoms with Crippen molar-refractivity contribution in [1.82, 2.24) is 0 Å². The van der Waals surface area contributed by atoms with Crippen molar-refractivity contribution in [3.05, 3.63) is 61.2 Å². The number of carbonyl (C=O) groups excluding carboxylic acids is 1. The first-order chi connectivity index (χ1) is 11.2. The lowest BCUT2D eigenvalue weighted by atomic mass is 10.3. The number of hydrogen-bond donors (Lipinski definition) is 1. The smallest absolute Gasteiger partial charge is 0.335 e. The van der Waals surface area contributed by atoms with E-state index in [9.17, 15) is 9.90 Å². The monoisotopic (exact) mass is 314 g/mol. The molecule has 0 fully saturated rings. The fourth-order valence-electron chi connectivity index (χ4n) is 1.80. The van der Waals surface area contributed by atoms with Gasteiger partial charge in [-0.15, -0.1) is 0 Å². The molecule has 0 unspecified atom stereocenters. The Labute approximate surface area is 134 Å². The number of carbonyl (C=O) groups is 1. The summed E-state index contributed by atoms with van der Waals surface area (Å²) in [5.41, 5.74) is 0. The molecule has 0 radical (unpaired) electrons. The topological polar surface area (TPSA) is 65.0 Å². The summed E-state index contributed by atoms with van der Waals surface area (Å²) in [5, 5.41) is 9.32. The molecule has 0 bridgehead atoms. The van der Waals surface area contributed by atoms with Crippen molar-refractivity contribution in [2.75, 3.05) is 13.2 Å². The minimum atomic E-state index is -0.512. The van der Waals surface area contributed by atoms with Crippen LogP contribution in [-0.2, 0) is 4.79 Å². The molecule has 0 saturated carbocycles. The second kappa shape index (κ2) is 8.48. The van der Waals surface area contributed by atoms with E-state index in [1.165, 1.54) is 0 Å². The van der Waals surface area contributed by atoms with Gasteiger partial charge in [0, 0.05) is 24.6 Å². The van der Waals surface area contributed by atoms with E-state index in [4.69, 9.17) is 14.2 Å². The van der Waals surface area contributed by atoms with Crippen molar-refractivity contribution < 1.29 is 24.1 Å². The van der Waals surface area contributed by atoms with E-state index in [1.807, 2.05) is 0 Å². The van der Waals surface area contributed by atoms with Crippen LogP contribution in [-0.4, -0.2) is 24.3 Å². The van der Waals surface area contributed by atoms with E-state index in [0.717, 1.165) is 6.08 Å². The zero-order valence-corrected chi connectivity index (χ0v) is 12.6. The molecule has 2 aromatic rings. The van der Waals surface area contributed by atoms with Gasteiger partial charge in [-0.1, -0.05) is 18.7 Å². The van der Waals surface area contributed by atoms with E-state index in [-0.39, 0.29) is 5.75 Å². The highest BCUT2D eigenvalue weighted by Gasteiger charge is 2.02.